The van der Waals surface area contributed by atoms with Gasteiger partial charge in [0.2, 0.25) is 0 Å². The van der Waals surface area contributed by atoms with E-state index in [0.29, 0.717) is 11.4 Å². The zero-order chi connectivity index (χ0) is 12.4. The molecule has 0 radical (unpaired) electrons. The monoisotopic (exact) mass is 255 g/mol. The van der Waals surface area contributed by atoms with Crippen LogP contribution < -0.4 is 0 Å². The first kappa shape index (κ1) is 12.3. The van der Waals surface area contributed by atoms with E-state index in [1.807, 2.05) is 4.90 Å². The van der Waals surface area contributed by atoms with Crippen molar-refractivity contribution in [3.05, 3.63) is 34.6 Å². The molecular formula is C12H15ClFN3. The van der Waals surface area contributed by atoms with Crippen molar-refractivity contribution in [2.75, 3.05) is 33.2 Å². The van der Waals surface area contributed by atoms with Gasteiger partial charge < -0.3 is 9.80 Å². The maximum Gasteiger partial charge on any atom is 0.141 e. The lowest BCUT2D eigenvalue weighted by Crippen LogP contribution is -2.47. The van der Waals surface area contributed by atoms with E-state index in [1.165, 1.54) is 12.1 Å². The summed E-state index contributed by atoms with van der Waals surface area (Å²) < 4.78 is 13.0. The van der Waals surface area contributed by atoms with Gasteiger partial charge in [0.1, 0.15) is 11.7 Å². The molecule has 17 heavy (non-hydrogen) atoms. The number of nitrogens with one attached hydrogen (secondary N) is 1. The summed E-state index contributed by atoms with van der Waals surface area (Å²) in [5, 5.41) is 8.15. The molecule has 1 saturated heterocycles. The van der Waals surface area contributed by atoms with Crippen LogP contribution in [0.4, 0.5) is 4.39 Å². The molecule has 5 heteroatoms. The van der Waals surface area contributed by atoms with E-state index in [-0.39, 0.29) is 5.02 Å². The van der Waals surface area contributed by atoms with Gasteiger partial charge in [-0.05, 0) is 25.2 Å². The van der Waals surface area contributed by atoms with Gasteiger partial charge >= 0.3 is 0 Å². The van der Waals surface area contributed by atoms with E-state index in [4.69, 9.17) is 17.0 Å². The molecule has 1 aliphatic heterocycles. The largest absolute Gasteiger partial charge is 0.354 e. The van der Waals surface area contributed by atoms with Crippen LogP contribution in [0.15, 0.2) is 18.2 Å². The van der Waals surface area contributed by atoms with Crippen molar-refractivity contribution < 1.29 is 4.39 Å². The number of amidine groups is 1. The molecule has 1 aromatic rings. The average Bonchev–Trinajstić information content (AvgIpc) is 2.33. The Kier molecular flexibility index (Phi) is 3.64. The van der Waals surface area contributed by atoms with Gasteiger partial charge in [-0.1, -0.05) is 11.6 Å². The van der Waals surface area contributed by atoms with E-state index < -0.39 is 5.82 Å². The first-order valence-corrected chi connectivity index (χ1v) is 5.93. The Balaban J connectivity index is 2.11. The number of benzene rings is 1. The first-order chi connectivity index (χ1) is 8.08. The highest BCUT2D eigenvalue weighted by Crippen LogP contribution is 2.17. The van der Waals surface area contributed by atoms with Gasteiger partial charge in [0, 0.05) is 31.7 Å². The molecular weight excluding hydrogens is 241 g/mol. The van der Waals surface area contributed by atoms with Crippen LogP contribution in [0.3, 0.4) is 0 Å². The molecule has 1 heterocycles. The minimum absolute atomic E-state index is 0.0707. The van der Waals surface area contributed by atoms with Crippen molar-refractivity contribution in [2.24, 2.45) is 0 Å². The van der Waals surface area contributed by atoms with Gasteiger partial charge in [0.15, 0.2) is 0 Å². The summed E-state index contributed by atoms with van der Waals surface area (Å²) >= 11 is 5.72. The van der Waals surface area contributed by atoms with Crippen molar-refractivity contribution in [3.8, 4) is 0 Å². The number of nitrogens with zero attached hydrogens (tertiary/aromatic N) is 2. The highest BCUT2D eigenvalue weighted by molar-refractivity contribution is 6.31. The standard InChI is InChI=1S/C12H15ClFN3/c1-16-4-6-17(7-5-16)12(15)9-2-3-11(14)10(13)8-9/h2-3,8,15H,4-7H2,1H3. The molecule has 0 unspecified atom stereocenters. The van der Waals surface area contributed by atoms with Crippen LogP contribution >= 0.6 is 11.6 Å². The Morgan fingerprint density at radius 1 is 1.29 bits per heavy atom. The SMILES string of the molecule is CN1CCN(C(=N)c2ccc(F)c(Cl)c2)CC1. The fourth-order valence-electron chi connectivity index (χ4n) is 1.86. The molecule has 0 aromatic heterocycles. The summed E-state index contributed by atoms with van der Waals surface area (Å²) in [6, 6.07) is 4.42. The van der Waals surface area contributed by atoms with Crippen LogP contribution in [0.25, 0.3) is 0 Å². The Hall–Kier alpha value is -1.13. The Morgan fingerprint density at radius 2 is 1.94 bits per heavy atom. The molecule has 0 saturated carbocycles. The number of hydrogen-bond acceptors (Lipinski definition) is 2. The van der Waals surface area contributed by atoms with Gasteiger partial charge in [0.05, 0.1) is 5.02 Å². The quantitative estimate of drug-likeness (QED) is 0.615. The normalized spacial score (nSPS) is 17.2. The van der Waals surface area contributed by atoms with E-state index in [2.05, 4.69) is 11.9 Å². The van der Waals surface area contributed by atoms with Crippen molar-refractivity contribution in [1.29, 1.82) is 5.41 Å². The summed E-state index contributed by atoms with van der Waals surface area (Å²) in [5.41, 5.74) is 0.668. The second kappa shape index (κ2) is 5.02. The second-order valence-electron chi connectivity index (χ2n) is 4.27. The van der Waals surface area contributed by atoms with E-state index in [1.54, 1.807) is 6.07 Å². The number of hydrogen-bond donors (Lipinski definition) is 1. The zero-order valence-corrected chi connectivity index (χ0v) is 10.5. The second-order valence-corrected chi connectivity index (χ2v) is 4.68. The summed E-state index contributed by atoms with van der Waals surface area (Å²) in [6.45, 7) is 3.53. The molecule has 1 fully saturated rings. The summed E-state index contributed by atoms with van der Waals surface area (Å²) in [7, 11) is 2.07. The third-order valence-corrected chi connectivity index (χ3v) is 3.30. The number of likely N-dealkylation sites (N-methyl/N-ethyl adjacent to an activating group) is 1. The first-order valence-electron chi connectivity index (χ1n) is 5.55. The average molecular weight is 256 g/mol. The molecule has 92 valence electrons. The minimum atomic E-state index is -0.443. The van der Waals surface area contributed by atoms with Crippen molar-refractivity contribution in [2.45, 2.75) is 0 Å². The Morgan fingerprint density at radius 3 is 2.53 bits per heavy atom. The zero-order valence-electron chi connectivity index (χ0n) is 9.71. The van der Waals surface area contributed by atoms with Gasteiger partial charge in [-0.3, -0.25) is 5.41 Å². The number of rotatable bonds is 1. The predicted octanol–water partition coefficient (Wildman–Crippen LogP) is 2.05. The molecule has 0 amide bonds. The molecule has 1 N–H and O–H groups in total. The van der Waals surface area contributed by atoms with Crippen molar-refractivity contribution >= 4 is 17.4 Å². The van der Waals surface area contributed by atoms with Crippen molar-refractivity contribution in [1.82, 2.24) is 9.80 Å². The molecule has 1 aliphatic rings. The van der Waals surface area contributed by atoms with E-state index in [9.17, 15) is 4.39 Å². The minimum Gasteiger partial charge on any atom is -0.354 e. The Bertz CT molecular complexity index is 428. The maximum absolute atomic E-state index is 13.0. The summed E-state index contributed by atoms with van der Waals surface area (Å²) in [6.07, 6.45) is 0. The molecule has 0 aliphatic carbocycles. The number of halogens is 2. The Labute approximate surface area is 105 Å². The van der Waals surface area contributed by atoms with Crippen LogP contribution in [-0.4, -0.2) is 48.9 Å². The van der Waals surface area contributed by atoms with E-state index in [0.717, 1.165) is 26.2 Å². The predicted molar refractivity (Wildman–Crippen MR) is 67.3 cm³/mol. The lowest BCUT2D eigenvalue weighted by Gasteiger charge is -2.34. The third kappa shape index (κ3) is 2.76. The lowest BCUT2D eigenvalue weighted by molar-refractivity contribution is 0.215. The van der Waals surface area contributed by atoms with Crippen LogP contribution in [0.2, 0.25) is 5.02 Å². The van der Waals surface area contributed by atoms with Gasteiger partial charge in [-0.15, -0.1) is 0 Å². The summed E-state index contributed by atoms with van der Waals surface area (Å²) in [4.78, 5) is 4.21. The third-order valence-electron chi connectivity index (χ3n) is 3.01. The topological polar surface area (TPSA) is 30.3 Å². The molecule has 3 nitrogen and oxygen atoms in total. The highest BCUT2D eigenvalue weighted by Gasteiger charge is 2.18. The van der Waals surface area contributed by atoms with Gasteiger partial charge in [-0.25, -0.2) is 4.39 Å². The molecule has 2 rings (SSSR count). The summed E-state index contributed by atoms with van der Waals surface area (Å²) in [5.74, 6) is -0.0263. The molecule has 0 atom stereocenters. The highest BCUT2D eigenvalue weighted by atomic mass is 35.5. The van der Waals surface area contributed by atoms with Crippen LogP contribution in [0.5, 0.6) is 0 Å². The lowest BCUT2D eigenvalue weighted by atomic mass is 10.1. The fraction of sp³-hybridized carbons (Fsp3) is 0.417. The van der Waals surface area contributed by atoms with Crippen molar-refractivity contribution in [3.63, 3.8) is 0 Å². The molecule has 0 spiro atoms. The molecule has 1 aromatic carbocycles. The van der Waals surface area contributed by atoms with Crippen LogP contribution in [0.1, 0.15) is 5.56 Å². The van der Waals surface area contributed by atoms with E-state index >= 15 is 0 Å². The maximum atomic E-state index is 13.0. The van der Waals surface area contributed by atoms with Gasteiger partial charge in [-0.2, -0.15) is 0 Å². The fourth-order valence-corrected chi connectivity index (χ4v) is 2.04. The van der Waals surface area contributed by atoms with Crippen LogP contribution in [-0.2, 0) is 0 Å². The van der Waals surface area contributed by atoms with Gasteiger partial charge in [0.25, 0.3) is 0 Å². The van der Waals surface area contributed by atoms with Crippen LogP contribution in [0, 0.1) is 11.2 Å². The smallest absolute Gasteiger partial charge is 0.141 e. The number of piperazine rings is 1. The molecule has 0 bridgehead atoms.